The van der Waals surface area contributed by atoms with Crippen LogP contribution in [0, 0.1) is 13.8 Å². The molecule has 0 bridgehead atoms. The average molecular weight is 311 g/mol. The Bertz CT molecular complexity index is 666. The molecule has 0 saturated heterocycles. The number of hydrogen-bond donors (Lipinski definition) is 3. The maximum Gasteiger partial charge on any atom is 0.243 e. The molecule has 0 aliphatic heterocycles. The van der Waals surface area contributed by atoms with Gasteiger partial charge < -0.3 is 11.1 Å². The van der Waals surface area contributed by atoms with Gasteiger partial charge in [-0.15, -0.1) is 0 Å². The van der Waals surface area contributed by atoms with E-state index in [1.54, 1.807) is 6.07 Å². The van der Waals surface area contributed by atoms with Gasteiger partial charge in [0.1, 0.15) is 4.90 Å². The number of amides is 1. The Kier molecular flexibility index (Phi) is 4.25. The van der Waals surface area contributed by atoms with Crippen LogP contribution in [0.1, 0.15) is 30.9 Å². The Morgan fingerprint density at radius 2 is 1.86 bits per heavy atom. The molecule has 2 rings (SSSR count). The summed E-state index contributed by atoms with van der Waals surface area (Å²) in [5.41, 5.74) is 7.74. The van der Waals surface area contributed by atoms with E-state index in [2.05, 4.69) is 10.0 Å². The molecule has 0 spiro atoms. The van der Waals surface area contributed by atoms with Crippen LogP contribution in [-0.4, -0.2) is 26.4 Å². The largest absolute Gasteiger partial charge is 0.398 e. The van der Waals surface area contributed by atoms with Gasteiger partial charge in [-0.3, -0.25) is 4.79 Å². The van der Waals surface area contributed by atoms with Gasteiger partial charge in [-0.1, -0.05) is 0 Å². The molecule has 1 unspecified atom stereocenters. The zero-order valence-corrected chi connectivity index (χ0v) is 13.3. The molecule has 21 heavy (non-hydrogen) atoms. The number of nitrogen functional groups attached to an aromatic ring is 1. The van der Waals surface area contributed by atoms with Crippen molar-refractivity contribution in [2.45, 2.75) is 50.6 Å². The summed E-state index contributed by atoms with van der Waals surface area (Å²) in [4.78, 5) is 11.8. The topological polar surface area (TPSA) is 101 Å². The Morgan fingerprint density at radius 3 is 2.43 bits per heavy atom. The fourth-order valence-electron chi connectivity index (χ4n) is 1.95. The van der Waals surface area contributed by atoms with Gasteiger partial charge in [0, 0.05) is 6.04 Å². The zero-order chi connectivity index (χ0) is 15.8. The van der Waals surface area contributed by atoms with Crippen molar-refractivity contribution in [3.8, 4) is 0 Å². The Morgan fingerprint density at radius 1 is 1.29 bits per heavy atom. The van der Waals surface area contributed by atoms with Gasteiger partial charge in [-0.05, 0) is 56.9 Å². The number of carbonyl (C=O) groups is 1. The van der Waals surface area contributed by atoms with Crippen molar-refractivity contribution in [1.29, 1.82) is 0 Å². The predicted octanol–water partition coefficient (Wildman–Crippen LogP) is 0.831. The molecule has 1 aliphatic carbocycles. The minimum atomic E-state index is -3.83. The van der Waals surface area contributed by atoms with Crippen molar-refractivity contribution in [2.24, 2.45) is 0 Å². The van der Waals surface area contributed by atoms with Crippen LogP contribution >= 0.6 is 0 Å². The summed E-state index contributed by atoms with van der Waals surface area (Å²) in [5.74, 6) is -0.316. The predicted molar refractivity (Wildman–Crippen MR) is 81.3 cm³/mol. The normalized spacial score (nSPS) is 16.5. The maximum absolute atomic E-state index is 12.4. The molecule has 0 aromatic heterocycles. The van der Waals surface area contributed by atoms with Gasteiger partial charge in [0.05, 0.1) is 11.7 Å². The minimum Gasteiger partial charge on any atom is -0.398 e. The number of hydrogen-bond acceptors (Lipinski definition) is 4. The summed E-state index contributed by atoms with van der Waals surface area (Å²) < 4.78 is 27.1. The van der Waals surface area contributed by atoms with Crippen molar-refractivity contribution in [1.82, 2.24) is 10.0 Å². The SMILES string of the molecule is Cc1cc(N)c(S(=O)(=O)NC(C)C(=O)NC2CC2)cc1C. The van der Waals surface area contributed by atoms with Gasteiger partial charge in [-0.2, -0.15) is 4.72 Å². The summed E-state index contributed by atoms with van der Waals surface area (Å²) in [6, 6.07) is 2.50. The summed E-state index contributed by atoms with van der Waals surface area (Å²) in [5, 5.41) is 2.77. The average Bonchev–Trinajstić information content (AvgIpc) is 3.16. The van der Waals surface area contributed by atoms with Crippen molar-refractivity contribution >= 4 is 21.6 Å². The lowest BCUT2D eigenvalue weighted by Crippen LogP contribution is -2.45. The van der Waals surface area contributed by atoms with Crippen LogP contribution in [-0.2, 0) is 14.8 Å². The summed E-state index contributed by atoms with van der Waals surface area (Å²) in [7, 11) is -3.83. The molecular weight excluding hydrogens is 290 g/mol. The van der Waals surface area contributed by atoms with Crippen molar-refractivity contribution < 1.29 is 13.2 Å². The lowest BCUT2D eigenvalue weighted by molar-refractivity contribution is -0.122. The Labute approximate surface area is 125 Å². The Balaban J connectivity index is 2.17. The van der Waals surface area contributed by atoms with E-state index < -0.39 is 16.1 Å². The molecule has 4 N–H and O–H groups in total. The first-order valence-corrected chi connectivity index (χ1v) is 8.38. The minimum absolute atomic E-state index is 0.0108. The van der Waals surface area contributed by atoms with Gasteiger partial charge in [0.25, 0.3) is 0 Å². The van der Waals surface area contributed by atoms with Crippen molar-refractivity contribution in [3.05, 3.63) is 23.3 Å². The van der Waals surface area contributed by atoms with E-state index in [0.717, 1.165) is 24.0 Å². The van der Waals surface area contributed by atoms with Crippen LogP contribution in [0.25, 0.3) is 0 Å². The highest BCUT2D eigenvalue weighted by atomic mass is 32.2. The van der Waals surface area contributed by atoms with Crippen LogP contribution in [0.2, 0.25) is 0 Å². The monoisotopic (exact) mass is 311 g/mol. The highest BCUT2D eigenvalue weighted by molar-refractivity contribution is 7.89. The molecule has 1 fully saturated rings. The van der Waals surface area contributed by atoms with Crippen LogP contribution in [0.3, 0.4) is 0 Å². The van der Waals surface area contributed by atoms with Gasteiger partial charge in [0.15, 0.2) is 0 Å². The molecule has 0 radical (unpaired) electrons. The highest BCUT2D eigenvalue weighted by Crippen LogP contribution is 2.23. The van der Waals surface area contributed by atoms with E-state index in [-0.39, 0.29) is 22.5 Å². The number of aryl methyl sites for hydroxylation is 2. The second-order valence-electron chi connectivity index (χ2n) is 5.60. The molecular formula is C14H21N3O3S. The zero-order valence-electron chi connectivity index (χ0n) is 12.4. The van der Waals surface area contributed by atoms with E-state index in [9.17, 15) is 13.2 Å². The molecule has 1 aromatic rings. The first-order valence-electron chi connectivity index (χ1n) is 6.90. The van der Waals surface area contributed by atoms with E-state index >= 15 is 0 Å². The number of anilines is 1. The summed E-state index contributed by atoms with van der Waals surface area (Å²) >= 11 is 0. The van der Waals surface area contributed by atoms with Crippen LogP contribution in [0.15, 0.2) is 17.0 Å². The number of nitrogens with one attached hydrogen (secondary N) is 2. The van der Waals surface area contributed by atoms with E-state index in [4.69, 9.17) is 5.73 Å². The van der Waals surface area contributed by atoms with Crippen LogP contribution in [0.4, 0.5) is 5.69 Å². The number of rotatable bonds is 5. The third-order valence-electron chi connectivity index (χ3n) is 3.56. The van der Waals surface area contributed by atoms with Gasteiger partial charge in [-0.25, -0.2) is 8.42 Å². The molecule has 1 aromatic carbocycles. The summed E-state index contributed by atoms with van der Waals surface area (Å²) in [6.07, 6.45) is 1.91. The molecule has 0 heterocycles. The number of carbonyl (C=O) groups excluding carboxylic acids is 1. The van der Waals surface area contributed by atoms with Gasteiger partial charge >= 0.3 is 0 Å². The van der Waals surface area contributed by atoms with E-state index in [1.807, 2.05) is 13.8 Å². The molecule has 6 nitrogen and oxygen atoms in total. The first-order chi connectivity index (χ1) is 9.70. The fraction of sp³-hybridized carbons (Fsp3) is 0.500. The third kappa shape index (κ3) is 3.74. The molecule has 116 valence electrons. The molecule has 7 heteroatoms. The van der Waals surface area contributed by atoms with Crippen LogP contribution in [0.5, 0.6) is 0 Å². The Hall–Kier alpha value is -1.60. The molecule has 1 amide bonds. The van der Waals surface area contributed by atoms with Crippen molar-refractivity contribution in [3.63, 3.8) is 0 Å². The first kappa shape index (κ1) is 15.8. The van der Waals surface area contributed by atoms with Gasteiger partial charge in [0.2, 0.25) is 15.9 Å². The highest BCUT2D eigenvalue weighted by Gasteiger charge is 2.28. The molecule has 1 saturated carbocycles. The second kappa shape index (κ2) is 5.65. The van der Waals surface area contributed by atoms with E-state index in [0.29, 0.717) is 0 Å². The maximum atomic E-state index is 12.4. The van der Waals surface area contributed by atoms with Crippen molar-refractivity contribution in [2.75, 3.05) is 5.73 Å². The smallest absolute Gasteiger partial charge is 0.243 e. The van der Waals surface area contributed by atoms with E-state index in [1.165, 1.54) is 13.0 Å². The van der Waals surface area contributed by atoms with Crippen LogP contribution < -0.4 is 15.8 Å². The quantitative estimate of drug-likeness (QED) is 0.701. The number of benzene rings is 1. The summed E-state index contributed by atoms with van der Waals surface area (Å²) in [6.45, 7) is 5.20. The molecule has 1 aliphatic rings. The third-order valence-corrected chi connectivity index (χ3v) is 5.16. The standard InChI is InChI=1S/C14H21N3O3S/c1-8-6-12(15)13(7-9(8)2)21(19,20)17-10(3)14(18)16-11-4-5-11/h6-7,10-11,17H,4-5,15H2,1-3H3,(H,16,18). The molecule has 1 atom stereocenters. The fourth-order valence-corrected chi connectivity index (χ4v) is 3.35. The number of nitrogens with two attached hydrogens (primary N) is 1. The number of sulfonamides is 1. The second-order valence-corrected chi connectivity index (χ2v) is 7.28. The lowest BCUT2D eigenvalue weighted by atomic mass is 10.1. The lowest BCUT2D eigenvalue weighted by Gasteiger charge is -2.16.